The van der Waals surface area contributed by atoms with Crippen molar-refractivity contribution < 1.29 is 9.53 Å². The summed E-state index contributed by atoms with van der Waals surface area (Å²) in [5.74, 6) is 0. The van der Waals surface area contributed by atoms with Gasteiger partial charge >= 0.3 is 6.47 Å². The first-order chi connectivity index (χ1) is 5.68. The number of hydrogen-bond donors (Lipinski definition) is 0. The molecule has 0 aliphatic heterocycles. The third kappa shape index (κ3) is 4.37. The summed E-state index contributed by atoms with van der Waals surface area (Å²) in [6, 6.07) is 0. The molecule has 71 valence electrons. The number of ether oxygens (including phenoxy) is 1. The van der Waals surface area contributed by atoms with Gasteiger partial charge in [-0.15, -0.1) is 0 Å². The van der Waals surface area contributed by atoms with Crippen molar-refractivity contribution >= 4 is 6.47 Å². The van der Waals surface area contributed by atoms with E-state index < -0.39 is 0 Å². The zero-order chi connectivity index (χ0) is 9.45. The van der Waals surface area contributed by atoms with Gasteiger partial charge in [0, 0.05) is 0 Å². The standard InChI is InChI=1S/C10H19O2/c1-4-6-8-10(3,7-5-2)12-9-11/h4-8H2,1-3H3. The lowest BCUT2D eigenvalue weighted by molar-refractivity contribution is 0.0493. The molecule has 0 spiro atoms. The summed E-state index contributed by atoms with van der Waals surface area (Å²) in [5.41, 5.74) is -0.271. The van der Waals surface area contributed by atoms with Gasteiger partial charge in [0.25, 0.3) is 0 Å². The van der Waals surface area contributed by atoms with Gasteiger partial charge in [-0.25, -0.2) is 4.79 Å². The zero-order valence-electron chi connectivity index (χ0n) is 8.35. The van der Waals surface area contributed by atoms with Crippen LogP contribution in [-0.2, 0) is 9.53 Å². The van der Waals surface area contributed by atoms with Crippen LogP contribution in [-0.4, -0.2) is 12.1 Å². The Balaban J connectivity index is 3.88. The zero-order valence-corrected chi connectivity index (χ0v) is 8.35. The average Bonchev–Trinajstić information content (AvgIpc) is 2.02. The van der Waals surface area contributed by atoms with Gasteiger partial charge in [-0.3, -0.25) is 0 Å². The summed E-state index contributed by atoms with van der Waals surface area (Å²) < 4.78 is 4.97. The minimum absolute atomic E-state index is 0.271. The maximum Gasteiger partial charge on any atom is 0.418 e. The first-order valence-electron chi connectivity index (χ1n) is 4.73. The Morgan fingerprint density at radius 1 is 1.25 bits per heavy atom. The van der Waals surface area contributed by atoms with E-state index in [1.54, 1.807) is 6.47 Å². The lowest BCUT2D eigenvalue weighted by Gasteiger charge is -2.26. The van der Waals surface area contributed by atoms with Crippen LogP contribution in [0.25, 0.3) is 0 Å². The van der Waals surface area contributed by atoms with Crippen molar-refractivity contribution in [2.24, 2.45) is 0 Å². The fraction of sp³-hybridized carbons (Fsp3) is 0.900. The van der Waals surface area contributed by atoms with Crippen LogP contribution < -0.4 is 0 Å². The molecule has 0 bridgehead atoms. The van der Waals surface area contributed by atoms with Crippen molar-refractivity contribution in [2.45, 2.75) is 58.5 Å². The molecule has 2 nitrogen and oxygen atoms in total. The molecule has 0 amide bonds. The Bertz CT molecular complexity index is 123. The van der Waals surface area contributed by atoms with Gasteiger partial charge in [0.15, 0.2) is 0 Å². The Labute approximate surface area is 75.3 Å². The Morgan fingerprint density at radius 3 is 2.33 bits per heavy atom. The highest BCUT2D eigenvalue weighted by Gasteiger charge is 2.23. The van der Waals surface area contributed by atoms with E-state index in [0.29, 0.717) is 0 Å². The smallest absolute Gasteiger partial charge is 0.418 e. The third-order valence-corrected chi connectivity index (χ3v) is 2.13. The minimum atomic E-state index is -0.271. The third-order valence-electron chi connectivity index (χ3n) is 2.13. The maximum atomic E-state index is 10.1. The molecule has 1 atom stereocenters. The monoisotopic (exact) mass is 171 g/mol. The van der Waals surface area contributed by atoms with Crippen LogP contribution in [0.5, 0.6) is 0 Å². The van der Waals surface area contributed by atoms with E-state index >= 15 is 0 Å². The van der Waals surface area contributed by atoms with Crippen LogP contribution in [0, 0.1) is 0 Å². The number of rotatable bonds is 7. The Morgan fingerprint density at radius 2 is 1.92 bits per heavy atom. The van der Waals surface area contributed by atoms with Crippen LogP contribution in [0.2, 0.25) is 0 Å². The van der Waals surface area contributed by atoms with Gasteiger partial charge in [0.2, 0.25) is 0 Å². The molecule has 0 aromatic rings. The Kier molecular flexibility index (Phi) is 5.77. The lowest BCUT2D eigenvalue weighted by Crippen LogP contribution is -2.27. The molecule has 12 heavy (non-hydrogen) atoms. The molecule has 0 fully saturated rings. The fourth-order valence-electron chi connectivity index (χ4n) is 1.41. The molecule has 0 aromatic carbocycles. The molecule has 0 saturated carbocycles. The molecule has 0 heterocycles. The summed E-state index contributed by atoms with van der Waals surface area (Å²) in [4.78, 5) is 10.1. The molecule has 0 rings (SSSR count). The molecule has 0 aromatic heterocycles. The summed E-state index contributed by atoms with van der Waals surface area (Å²) >= 11 is 0. The lowest BCUT2D eigenvalue weighted by atomic mass is 9.94. The number of unbranched alkanes of at least 4 members (excludes halogenated alkanes) is 1. The van der Waals surface area contributed by atoms with Crippen molar-refractivity contribution in [3.8, 4) is 0 Å². The van der Waals surface area contributed by atoms with E-state index in [2.05, 4.69) is 13.8 Å². The summed E-state index contributed by atoms with van der Waals surface area (Å²) in [6.07, 6.45) is 5.18. The highest BCUT2D eigenvalue weighted by atomic mass is 16.5. The Hall–Kier alpha value is -0.530. The SMILES string of the molecule is CCCCC(C)(CCC)O[C]=O. The van der Waals surface area contributed by atoms with Crippen molar-refractivity contribution in [3.05, 3.63) is 0 Å². The molecule has 0 aliphatic rings. The second-order valence-corrected chi connectivity index (χ2v) is 3.49. The molecular weight excluding hydrogens is 152 g/mol. The van der Waals surface area contributed by atoms with E-state index in [-0.39, 0.29) is 5.60 Å². The second kappa shape index (κ2) is 6.04. The van der Waals surface area contributed by atoms with Crippen molar-refractivity contribution in [3.63, 3.8) is 0 Å². The second-order valence-electron chi connectivity index (χ2n) is 3.49. The summed E-state index contributed by atoms with van der Waals surface area (Å²) in [7, 11) is 0. The molecule has 2 heteroatoms. The fourth-order valence-corrected chi connectivity index (χ4v) is 1.41. The van der Waals surface area contributed by atoms with Crippen molar-refractivity contribution in [2.75, 3.05) is 0 Å². The van der Waals surface area contributed by atoms with Gasteiger partial charge in [-0.05, 0) is 26.2 Å². The normalized spacial score (nSPS) is 15.2. The molecule has 1 radical (unpaired) electrons. The van der Waals surface area contributed by atoms with E-state index in [9.17, 15) is 4.79 Å². The van der Waals surface area contributed by atoms with Crippen molar-refractivity contribution in [1.29, 1.82) is 0 Å². The van der Waals surface area contributed by atoms with Crippen LogP contribution in [0.3, 0.4) is 0 Å². The number of hydrogen-bond acceptors (Lipinski definition) is 2. The predicted molar refractivity (Wildman–Crippen MR) is 49.6 cm³/mol. The van der Waals surface area contributed by atoms with Gasteiger partial charge in [0.1, 0.15) is 5.60 Å². The van der Waals surface area contributed by atoms with E-state index in [0.717, 1.165) is 32.1 Å². The first-order valence-corrected chi connectivity index (χ1v) is 4.73. The van der Waals surface area contributed by atoms with E-state index in [1.165, 1.54) is 0 Å². The van der Waals surface area contributed by atoms with Crippen LogP contribution in [0.1, 0.15) is 52.9 Å². The average molecular weight is 171 g/mol. The molecule has 0 N–H and O–H groups in total. The van der Waals surface area contributed by atoms with Gasteiger partial charge in [-0.2, -0.15) is 0 Å². The maximum absolute atomic E-state index is 10.1. The topological polar surface area (TPSA) is 26.3 Å². The van der Waals surface area contributed by atoms with E-state index in [4.69, 9.17) is 4.74 Å². The molecule has 1 unspecified atom stereocenters. The van der Waals surface area contributed by atoms with E-state index in [1.807, 2.05) is 6.92 Å². The first kappa shape index (κ1) is 11.5. The molecule has 0 saturated heterocycles. The van der Waals surface area contributed by atoms with Crippen molar-refractivity contribution in [1.82, 2.24) is 0 Å². The number of carbonyl (C=O) groups excluding carboxylic acids is 1. The van der Waals surface area contributed by atoms with Gasteiger partial charge in [-0.1, -0.05) is 26.7 Å². The highest BCUT2D eigenvalue weighted by Crippen LogP contribution is 2.23. The van der Waals surface area contributed by atoms with Crippen LogP contribution in [0.15, 0.2) is 0 Å². The quantitative estimate of drug-likeness (QED) is 0.588. The highest BCUT2D eigenvalue weighted by molar-refractivity contribution is 5.39. The summed E-state index contributed by atoms with van der Waals surface area (Å²) in [6.45, 7) is 7.77. The largest absolute Gasteiger partial charge is 0.451 e. The molecular formula is C10H19O2. The van der Waals surface area contributed by atoms with Crippen LogP contribution in [0.4, 0.5) is 0 Å². The molecule has 0 aliphatic carbocycles. The minimum Gasteiger partial charge on any atom is -0.451 e. The van der Waals surface area contributed by atoms with Gasteiger partial charge in [0.05, 0.1) is 0 Å². The summed E-state index contributed by atoms with van der Waals surface area (Å²) in [5, 5.41) is 0. The van der Waals surface area contributed by atoms with Gasteiger partial charge < -0.3 is 4.74 Å². The van der Waals surface area contributed by atoms with Crippen LogP contribution >= 0.6 is 0 Å². The predicted octanol–water partition coefficient (Wildman–Crippen LogP) is 2.82.